The lowest BCUT2D eigenvalue weighted by atomic mass is 10.1. The Morgan fingerprint density at radius 2 is 1.88 bits per heavy atom. The second-order valence-corrected chi connectivity index (χ2v) is 5.51. The summed E-state index contributed by atoms with van der Waals surface area (Å²) in [5.41, 5.74) is -2.21. The van der Waals surface area contributed by atoms with Gasteiger partial charge in [0.1, 0.15) is 11.7 Å². The standard InChI is InChI=1S/C17H14F3N3O2/c1-11-8-9-23-13(10-11)21-16(15(24)25-2,17(18,19)20)22-14(23)12-6-4-3-5-7-12/h3-10H,1-2H3. The highest BCUT2D eigenvalue weighted by Crippen LogP contribution is 2.40. The molecule has 0 radical (unpaired) electrons. The van der Waals surface area contributed by atoms with E-state index in [2.05, 4.69) is 14.7 Å². The van der Waals surface area contributed by atoms with Crippen LogP contribution in [0.1, 0.15) is 12.5 Å². The van der Waals surface area contributed by atoms with E-state index in [0.29, 0.717) is 11.1 Å². The molecule has 0 aromatic heterocycles. The van der Waals surface area contributed by atoms with Crippen LogP contribution in [0.5, 0.6) is 0 Å². The van der Waals surface area contributed by atoms with Crippen molar-refractivity contribution in [1.29, 1.82) is 0 Å². The number of carbonyl (C=O) groups is 1. The summed E-state index contributed by atoms with van der Waals surface area (Å²) < 4.78 is 45.8. The molecule has 5 nitrogen and oxygen atoms in total. The smallest absolute Gasteiger partial charge is 0.445 e. The predicted molar refractivity (Wildman–Crippen MR) is 86.0 cm³/mol. The molecule has 0 amide bonds. The number of hydrogen-bond acceptors (Lipinski definition) is 5. The third kappa shape index (κ3) is 2.73. The van der Waals surface area contributed by atoms with Crippen molar-refractivity contribution in [2.24, 2.45) is 9.98 Å². The maximum Gasteiger partial charge on any atom is 0.445 e. The van der Waals surface area contributed by atoms with E-state index >= 15 is 0 Å². The van der Waals surface area contributed by atoms with Crippen molar-refractivity contribution in [3.8, 4) is 0 Å². The first kappa shape index (κ1) is 16.9. The summed E-state index contributed by atoms with van der Waals surface area (Å²) in [4.78, 5) is 20.8. The number of fused-ring (bicyclic) bond motifs is 1. The SMILES string of the molecule is COC(=O)C1(C(F)(F)F)N=C2C=C(C)C=CN2C(c2ccccc2)=N1. The zero-order chi connectivity index (χ0) is 18.2. The van der Waals surface area contributed by atoms with Crippen molar-refractivity contribution in [2.75, 3.05) is 7.11 Å². The Hall–Kier alpha value is -2.90. The van der Waals surface area contributed by atoms with Crippen LogP contribution in [0.15, 0.2) is 64.2 Å². The quantitative estimate of drug-likeness (QED) is 0.771. The number of ether oxygens (including phenoxy) is 1. The molecule has 8 heteroatoms. The first-order chi connectivity index (χ1) is 11.8. The van der Waals surface area contributed by atoms with E-state index in [4.69, 9.17) is 0 Å². The molecule has 0 fully saturated rings. The highest BCUT2D eigenvalue weighted by molar-refractivity contribution is 6.17. The van der Waals surface area contributed by atoms with Gasteiger partial charge in [0.25, 0.3) is 0 Å². The van der Waals surface area contributed by atoms with Gasteiger partial charge >= 0.3 is 17.8 Å². The molecule has 2 heterocycles. The van der Waals surface area contributed by atoms with Crippen LogP contribution in [0, 0.1) is 0 Å². The van der Waals surface area contributed by atoms with Crippen molar-refractivity contribution >= 4 is 17.6 Å². The van der Waals surface area contributed by atoms with Gasteiger partial charge in [-0.15, -0.1) is 0 Å². The van der Waals surface area contributed by atoms with Crippen LogP contribution in [0.2, 0.25) is 0 Å². The maximum atomic E-state index is 13.8. The van der Waals surface area contributed by atoms with Gasteiger partial charge in [-0.05, 0) is 24.6 Å². The van der Waals surface area contributed by atoms with Crippen LogP contribution in [-0.4, -0.2) is 41.5 Å². The van der Waals surface area contributed by atoms with E-state index in [0.717, 1.165) is 7.11 Å². The van der Waals surface area contributed by atoms with Crippen LogP contribution in [0.25, 0.3) is 0 Å². The lowest BCUT2D eigenvalue weighted by Crippen LogP contribution is -2.55. The number of alkyl halides is 3. The van der Waals surface area contributed by atoms with E-state index in [9.17, 15) is 18.0 Å². The number of benzene rings is 1. The molecular formula is C17H14F3N3O2. The Labute approximate surface area is 141 Å². The number of allylic oxidation sites excluding steroid dienone is 2. The minimum Gasteiger partial charge on any atom is -0.465 e. The topological polar surface area (TPSA) is 54.3 Å². The van der Waals surface area contributed by atoms with Gasteiger partial charge < -0.3 is 4.74 Å². The Morgan fingerprint density at radius 3 is 2.48 bits per heavy atom. The first-order valence-electron chi connectivity index (χ1n) is 7.34. The zero-order valence-electron chi connectivity index (χ0n) is 13.4. The molecule has 1 unspecified atom stereocenters. The van der Waals surface area contributed by atoms with Crippen LogP contribution in [0.4, 0.5) is 13.2 Å². The largest absolute Gasteiger partial charge is 0.465 e. The summed E-state index contributed by atoms with van der Waals surface area (Å²) in [6.07, 6.45) is -0.309. The van der Waals surface area contributed by atoms with Crippen LogP contribution >= 0.6 is 0 Å². The van der Waals surface area contributed by atoms with Crippen molar-refractivity contribution in [3.63, 3.8) is 0 Å². The minimum absolute atomic E-state index is 0.0309. The Morgan fingerprint density at radius 1 is 1.20 bits per heavy atom. The van der Waals surface area contributed by atoms with Crippen LogP contribution < -0.4 is 0 Å². The number of amidine groups is 2. The third-order valence-electron chi connectivity index (χ3n) is 3.76. The van der Waals surface area contributed by atoms with E-state index < -0.39 is 17.8 Å². The van der Waals surface area contributed by atoms with Gasteiger partial charge in [-0.25, -0.2) is 14.8 Å². The molecular weight excluding hydrogens is 335 g/mol. The van der Waals surface area contributed by atoms with Crippen molar-refractivity contribution in [1.82, 2.24) is 4.90 Å². The van der Waals surface area contributed by atoms with Crippen LogP contribution in [0.3, 0.4) is 0 Å². The van der Waals surface area contributed by atoms with E-state index in [-0.39, 0.29) is 11.7 Å². The summed E-state index contributed by atoms with van der Waals surface area (Å²) in [5, 5.41) is 0. The number of nitrogens with zero attached hydrogens (tertiary/aromatic N) is 3. The van der Waals surface area contributed by atoms with Gasteiger partial charge in [0, 0.05) is 11.8 Å². The lowest BCUT2D eigenvalue weighted by molar-refractivity contribution is -0.202. The van der Waals surface area contributed by atoms with E-state index in [1.165, 1.54) is 11.0 Å². The van der Waals surface area contributed by atoms with Crippen molar-refractivity contribution in [3.05, 3.63) is 59.8 Å². The zero-order valence-corrected chi connectivity index (χ0v) is 13.4. The van der Waals surface area contributed by atoms with Gasteiger partial charge in [0.2, 0.25) is 0 Å². The van der Waals surface area contributed by atoms with Gasteiger partial charge in [-0.2, -0.15) is 13.2 Å². The second-order valence-electron chi connectivity index (χ2n) is 5.51. The third-order valence-corrected chi connectivity index (χ3v) is 3.76. The van der Waals surface area contributed by atoms with Gasteiger partial charge in [-0.3, -0.25) is 4.90 Å². The summed E-state index contributed by atoms with van der Waals surface area (Å²) in [6, 6.07) is 8.30. The number of carbonyl (C=O) groups excluding carboxylic acids is 1. The molecule has 2 aliphatic heterocycles. The molecule has 1 aromatic carbocycles. The number of halogens is 3. The highest BCUT2D eigenvalue weighted by atomic mass is 19.4. The molecule has 1 atom stereocenters. The van der Waals surface area contributed by atoms with Crippen LogP contribution in [-0.2, 0) is 9.53 Å². The Kier molecular flexibility index (Phi) is 3.98. The van der Waals surface area contributed by atoms with Gasteiger partial charge in [-0.1, -0.05) is 30.3 Å². The number of rotatable bonds is 2. The molecule has 0 bridgehead atoms. The molecule has 0 saturated heterocycles. The molecule has 130 valence electrons. The van der Waals surface area contributed by atoms with Crippen molar-refractivity contribution < 1.29 is 22.7 Å². The first-order valence-corrected chi connectivity index (χ1v) is 7.34. The molecule has 0 saturated carbocycles. The number of esters is 1. The number of aliphatic imine (C=N–C) groups is 2. The molecule has 25 heavy (non-hydrogen) atoms. The Balaban J connectivity index is 2.28. The van der Waals surface area contributed by atoms with E-state index in [1.54, 1.807) is 49.5 Å². The molecule has 0 spiro atoms. The lowest BCUT2D eigenvalue weighted by Gasteiger charge is -2.36. The van der Waals surface area contributed by atoms with E-state index in [1.807, 2.05) is 0 Å². The molecule has 2 aliphatic rings. The number of hydrogen-bond donors (Lipinski definition) is 0. The molecule has 0 N–H and O–H groups in total. The average Bonchev–Trinajstić information content (AvgIpc) is 2.59. The normalized spacial score (nSPS) is 22.6. The molecule has 3 rings (SSSR count). The van der Waals surface area contributed by atoms with Gasteiger partial charge in [0.15, 0.2) is 0 Å². The minimum atomic E-state index is -5.05. The fourth-order valence-electron chi connectivity index (χ4n) is 2.52. The molecule has 0 aliphatic carbocycles. The average molecular weight is 349 g/mol. The molecule has 1 aromatic rings. The summed E-state index contributed by atoms with van der Waals surface area (Å²) in [7, 11) is 0.877. The summed E-state index contributed by atoms with van der Waals surface area (Å²) in [5.74, 6) is -1.65. The number of methoxy groups -OCH3 is 1. The summed E-state index contributed by atoms with van der Waals surface area (Å²) >= 11 is 0. The second kappa shape index (κ2) is 5.87. The summed E-state index contributed by atoms with van der Waals surface area (Å²) in [6.45, 7) is 1.72. The Bertz CT molecular complexity index is 825. The maximum absolute atomic E-state index is 13.8. The van der Waals surface area contributed by atoms with Gasteiger partial charge in [0.05, 0.1) is 7.11 Å². The van der Waals surface area contributed by atoms with Crippen molar-refractivity contribution in [2.45, 2.75) is 18.8 Å². The monoisotopic (exact) mass is 349 g/mol. The highest BCUT2D eigenvalue weighted by Gasteiger charge is 2.64. The fourth-order valence-corrected chi connectivity index (χ4v) is 2.52. The fraction of sp³-hybridized carbons (Fsp3) is 0.235. The predicted octanol–water partition coefficient (Wildman–Crippen LogP) is 3.05.